The van der Waals surface area contributed by atoms with Crippen LogP contribution in [0.15, 0.2) is 12.3 Å². The van der Waals surface area contributed by atoms with Crippen molar-refractivity contribution in [1.82, 2.24) is 20.3 Å². The molecule has 5 nitrogen and oxygen atoms in total. The number of aromatic amines is 1. The average Bonchev–Trinajstić information content (AvgIpc) is 2.76. The van der Waals surface area contributed by atoms with Crippen LogP contribution in [-0.2, 0) is 6.42 Å². The predicted octanol–water partition coefficient (Wildman–Crippen LogP) is 1.81. The Balaban J connectivity index is 2.18. The van der Waals surface area contributed by atoms with Gasteiger partial charge in [0.2, 0.25) is 0 Å². The summed E-state index contributed by atoms with van der Waals surface area (Å²) in [5.41, 5.74) is 1.01. The maximum atomic E-state index is 12.0. The van der Waals surface area contributed by atoms with Crippen molar-refractivity contribution in [2.75, 3.05) is 6.54 Å². The van der Waals surface area contributed by atoms with Gasteiger partial charge in [-0.15, -0.1) is 0 Å². The SMILES string of the molecule is CCc1nc2cc(C(=O)NCC(F)(F)F)cnc2[nH]1. The van der Waals surface area contributed by atoms with E-state index >= 15 is 0 Å². The second-order valence-corrected chi connectivity index (χ2v) is 3.93. The van der Waals surface area contributed by atoms with E-state index in [2.05, 4.69) is 15.0 Å². The maximum absolute atomic E-state index is 12.0. The highest BCUT2D eigenvalue weighted by atomic mass is 19.4. The highest BCUT2D eigenvalue weighted by Crippen LogP contribution is 2.14. The van der Waals surface area contributed by atoms with Gasteiger partial charge in [0.15, 0.2) is 5.65 Å². The average molecular weight is 272 g/mol. The largest absolute Gasteiger partial charge is 0.405 e. The van der Waals surface area contributed by atoms with Gasteiger partial charge in [0, 0.05) is 12.6 Å². The first-order valence-electron chi connectivity index (χ1n) is 5.58. The lowest BCUT2D eigenvalue weighted by Crippen LogP contribution is -2.33. The molecule has 2 N–H and O–H groups in total. The molecule has 0 fully saturated rings. The number of rotatable bonds is 3. The van der Waals surface area contributed by atoms with Crippen LogP contribution >= 0.6 is 0 Å². The molecular weight excluding hydrogens is 261 g/mol. The predicted molar refractivity (Wildman–Crippen MR) is 61.7 cm³/mol. The van der Waals surface area contributed by atoms with E-state index < -0.39 is 18.6 Å². The standard InChI is InChI=1S/C11H11F3N4O/c1-2-8-17-7-3-6(4-15-9(7)18-8)10(19)16-5-11(12,13)14/h3-4H,2,5H2,1H3,(H,16,19)(H,15,17,18). The first kappa shape index (κ1) is 13.3. The molecule has 0 aromatic carbocycles. The maximum Gasteiger partial charge on any atom is 0.405 e. The lowest BCUT2D eigenvalue weighted by molar-refractivity contribution is -0.123. The number of H-pyrrole nitrogens is 1. The van der Waals surface area contributed by atoms with Gasteiger partial charge in [0.1, 0.15) is 17.9 Å². The van der Waals surface area contributed by atoms with Crippen LogP contribution in [0.5, 0.6) is 0 Å². The summed E-state index contributed by atoms with van der Waals surface area (Å²) in [5, 5.41) is 1.78. The molecule has 2 aromatic heterocycles. The summed E-state index contributed by atoms with van der Waals surface area (Å²) < 4.78 is 36.0. The van der Waals surface area contributed by atoms with Gasteiger partial charge in [-0.2, -0.15) is 13.2 Å². The third kappa shape index (κ3) is 3.21. The normalized spacial score (nSPS) is 11.8. The number of aromatic nitrogens is 3. The fraction of sp³-hybridized carbons (Fsp3) is 0.364. The van der Waals surface area contributed by atoms with Crippen molar-refractivity contribution in [2.45, 2.75) is 19.5 Å². The number of fused-ring (bicyclic) bond motifs is 1. The number of alkyl halides is 3. The lowest BCUT2D eigenvalue weighted by atomic mass is 10.2. The van der Waals surface area contributed by atoms with E-state index in [9.17, 15) is 18.0 Å². The van der Waals surface area contributed by atoms with Crippen molar-refractivity contribution in [3.8, 4) is 0 Å². The molecule has 0 saturated carbocycles. The van der Waals surface area contributed by atoms with Crippen LogP contribution in [0.2, 0.25) is 0 Å². The summed E-state index contributed by atoms with van der Waals surface area (Å²) in [5.74, 6) is -0.122. The molecule has 2 heterocycles. The molecule has 0 spiro atoms. The first-order chi connectivity index (χ1) is 8.89. The molecule has 19 heavy (non-hydrogen) atoms. The van der Waals surface area contributed by atoms with Gasteiger partial charge >= 0.3 is 6.18 Å². The van der Waals surface area contributed by atoms with E-state index in [0.717, 1.165) is 0 Å². The fourth-order valence-corrected chi connectivity index (χ4v) is 1.52. The topological polar surface area (TPSA) is 70.7 Å². The molecule has 0 aliphatic heterocycles. The number of nitrogens with one attached hydrogen (secondary N) is 2. The van der Waals surface area contributed by atoms with Gasteiger partial charge in [-0.1, -0.05) is 6.92 Å². The zero-order valence-electron chi connectivity index (χ0n) is 10.0. The van der Waals surface area contributed by atoms with Crippen LogP contribution in [0.3, 0.4) is 0 Å². The number of aryl methyl sites for hydroxylation is 1. The van der Waals surface area contributed by atoms with Crippen LogP contribution in [0.4, 0.5) is 13.2 Å². The Kier molecular flexibility index (Phi) is 3.41. The number of halogens is 3. The molecular formula is C11H11F3N4O. The zero-order valence-corrected chi connectivity index (χ0v) is 10.0. The second-order valence-electron chi connectivity index (χ2n) is 3.93. The van der Waals surface area contributed by atoms with Crippen molar-refractivity contribution in [3.05, 3.63) is 23.7 Å². The Morgan fingerprint density at radius 3 is 2.84 bits per heavy atom. The second kappa shape index (κ2) is 4.87. The van der Waals surface area contributed by atoms with E-state index in [1.54, 1.807) is 5.32 Å². The van der Waals surface area contributed by atoms with Crippen LogP contribution in [0, 0.1) is 0 Å². The van der Waals surface area contributed by atoms with Crippen molar-refractivity contribution >= 4 is 17.1 Å². The number of hydrogen-bond donors (Lipinski definition) is 2. The number of carbonyl (C=O) groups is 1. The molecule has 0 radical (unpaired) electrons. The number of carbonyl (C=O) groups excluding carboxylic acids is 1. The molecule has 2 aromatic rings. The number of amides is 1. The Morgan fingerprint density at radius 1 is 1.47 bits per heavy atom. The highest BCUT2D eigenvalue weighted by Gasteiger charge is 2.28. The molecule has 8 heteroatoms. The molecule has 1 amide bonds. The van der Waals surface area contributed by atoms with Crippen LogP contribution in [-0.4, -0.2) is 33.6 Å². The Labute approximate surface area is 106 Å². The molecule has 0 aliphatic carbocycles. The van der Waals surface area contributed by atoms with Gasteiger partial charge in [0.05, 0.1) is 5.56 Å². The van der Waals surface area contributed by atoms with E-state index in [4.69, 9.17) is 0 Å². The number of nitrogens with zero attached hydrogens (tertiary/aromatic N) is 2. The molecule has 0 saturated heterocycles. The Hall–Kier alpha value is -2.12. The summed E-state index contributed by atoms with van der Waals surface area (Å²) in [7, 11) is 0. The van der Waals surface area contributed by atoms with Crippen molar-refractivity contribution in [3.63, 3.8) is 0 Å². The molecule has 102 valence electrons. The molecule has 0 unspecified atom stereocenters. The Morgan fingerprint density at radius 2 is 2.21 bits per heavy atom. The van der Waals surface area contributed by atoms with E-state index in [1.807, 2.05) is 6.92 Å². The summed E-state index contributed by atoms with van der Waals surface area (Å²) >= 11 is 0. The highest BCUT2D eigenvalue weighted by molar-refractivity contribution is 5.96. The van der Waals surface area contributed by atoms with Crippen molar-refractivity contribution < 1.29 is 18.0 Å². The molecule has 2 rings (SSSR count). The minimum absolute atomic E-state index is 0.0471. The zero-order chi connectivity index (χ0) is 14.0. The van der Waals surface area contributed by atoms with Crippen LogP contribution < -0.4 is 5.32 Å². The minimum Gasteiger partial charge on any atom is -0.343 e. The monoisotopic (exact) mass is 272 g/mol. The summed E-state index contributed by atoms with van der Waals surface area (Å²) in [6.45, 7) is 0.527. The molecule has 0 bridgehead atoms. The Bertz CT molecular complexity index is 605. The first-order valence-corrected chi connectivity index (χ1v) is 5.58. The number of hydrogen-bond acceptors (Lipinski definition) is 3. The molecule has 0 aliphatic rings. The minimum atomic E-state index is -4.44. The lowest BCUT2D eigenvalue weighted by Gasteiger charge is -2.07. The van der Waals surface area contributed by atoms with Gasteiger partial charge in [-0.25, -0.2) is 9.97 Å². The summed E-state index contributed by atoms with van der Waals surface area (Å²) in [6.07, 6.45) is -2.55. The fourth-order valence-electron chi connectivity index (χ4n) is 1.52. The van der Waals surface area contributed by atoms with E-state index in [-0.39, 0.29) is 5.56 Å². The summed E-state index contributed by atoms with van der Waals surface area (Å²) in [4.78, 5) is 22.6. The van der Waals surface area contributed by atoms with Gasteiger partial charge in [0.25, 0.3) is 5.91 Å². The third-order valence-electron chi connectivity index (χ3n) is 2.43. The van der Waals surface area contributed by atoms with Gasteiger partial charge in [-0.05, 0) is 6.07 Å². The summed E-state index contributed by atoms with van der Waals surface area (Å²) in [6, 6.07) is 1.41. The smallest absolute Gasteiger partial charge is 0.343 e. The third-order valence-corrected chi connectivity index (χ3v) is 2.43. The van der Waals surface area contributed by atoms with Crippen LogP contribution in [0.25, 0.3) is 11.2 Å². The number of imidazole rings is 1. The van der Waals surface area contributed by atoms with E-state index in [1.165, 1.54) is 12.3 Å². The molecule has 0 atom stereocenters. The van der Waals surface area contributed by atoms with Crippen molar-refractivity contribution in [1.29, 1.82) is 0 Å². The van der Waals surface area contributed by atoms with Gasteiger partial charge < -0.3 is 10.3 Å². The number of pyridine rings is 1. The van der Waals surface area contributed by atoms with E-state index in [0.29, 0.717) is 23.4 Å². The van der Waals surface area contributed by atoms with Gasteiger partial charge in [-0.3, -0.25) is 4.79 Å². The van der Waals surface area contributed by atoms with Crippen molar-refractivity contribution in [2.24, 2.45) is 0 Å². The quantitative estimate of drug-likeness (QED) is 0.895. The van der Waals surface area contributed by atoms with Crippen LogP contribution in [0.1, 0.15) is 23.1 Å².